The molecule has 78 heavy (non-hydrogen) atoms. The lowest BCUT2D eigenvalue weighted by Gasteiger charge is -2.37. The molecule has 8 amide bonds. The monoisotopic (exact) mass is 1110 g/mol. The van der Waals surface area contributed by atoms with Crippen LogP contribution in [0, 0.1) is 11.8 Å². The van der Waals surface area contributed by atoms with Crippen molar-refractivity contribution in [1.82, 2.24) is 50.8 Å². The maximum atomic E-state index is 14.9. The van der Waals surface area contributed by atoms with E-state index in [1.54, 1.807) is 62.4 Å². The lowest BCUT2D eigenvalue weighted by molar-refractivity contribution is -0.161. The first-order valence-electron chi connectivity index (χ1n) is 25.0. The van der Waals surface area contributed by atoms with E-state index in [9.17, 15) is 58.2 Å². The van der Waals surface area contributed by atoms with Crippen LogP contribution >= 0.6 is 21.6 Å². The number of para-hydroxylation sites is 2. The number of rotatable bonds is 4. The van der Waals surface area contributed by atoms with Crippen LogP contribution in [-0.4, -0.2) is 199 Å². The predicted molar refractivity (Wildman–Crippen MR) is 283 cm³/mol. The molecule has 10 atom stereocenters. The summed E-state index contributed by atoms with van der Waals surface area (Å²) >= 11 is 0. The average molecular weight is 1110 g/mol. The van der Waals surface area contributed by atoms with Gasteiger partial charge in [-0.05, 0) is 62.8 Å². The first-order valence-corrected chi connectivity index (χ1v) is 27.5. The van der Waals surface area contributed by atoms with Gasteiger partial charge in [-0.15, -0.1) is 0 Å². The van der Waals surface area contributed by atoms with Gasteiger partial charge < -0.3 is 60.6 Å². The fourth-order valence-corrected chi connectivity index (χ4v) is 12.5. The number of hydrogen-bond acceptors (Lipinski definition) is 18. The lowest BCUT2D eigenvalue weighted by Crippen LogP contribution is -2.61. The lowest BCUT2D eigenvalue weighted by atomic mass is 10.1. The molecule has 4 aromatic rings. The summed E-state index contributed by atoms with van der Waals surface area (Å²) < 4.78 is 11.5. The summed E-state index contributed by atoms with van der Waals surface area (Å²) in [6.45, 7) is 4.36. The Morgan fingerprint density at radius 1 is 0.590 bits per heavy atom. The SMILES string of the molecule is C[C@@H]1NC(=O)[C@@H](NC(=O)c2nc3ccccc3cc2O)COC(=O)[C@]2(C[C@@H]2C)N(C)C(=O)[C@@H]2CSSC[C@@H](C(=O)N(C)[C@@]3(C[C@@H]3C)C(=O)OC[C@@H](NC(=O)c3nc4ccccc4cc3O)C(=O)N[C@@H](C)C(=O)N2C)N(C)C1=O. The van der Waals surface area contributed by atoms with Crippen molar-refractivity contribution >= 4 is 103 Å². The highest BCUT2D eigenvalue weighted by atomic mass is 33.1. The second-order valence-corrected chi connectivity index (χ2v) is 22.7. The van der Waals surface area contributed by atoms with Gasteiger partial charge in [-0.3, -0.25) is 38.4 Å². The van der Waals surface area contributed by atoms with Crippen LogP contribution in [0.1, 0.15) is 61.5 Å². The van der Waals surface area contributed by atoms with E-state index in [0.29, 0.717) is 21.8 Å². The van der Waals surface area contributed by atoms with Gasteiger partial charge in [0.15, 0.2) is 11.4 Å². The van der Waals surface area contributed by atoms with Crippen molar-refractivity contribution in [3.8, 4) is 11.5 Å². The van der Waals surface area contributed by atoms with E-state index < -0.39 is 154 Å². The average Bonchev–Trinajstić information content (AvgIpc) is 4.47. The molecule has 2 saturated carbocycles. The Balaban J connectivity index is 1.15. The normalized spacial score (nSPS) is 29.2. The van der Waals surface area contributed by atoms with Crippen LogP contribution in [0.4, 0.5) is 0 Å². The van der Waals surface area contributed by atoms with Crippen LogP contribution in [0.2, 0.25) is 0 Å². The molecule has 2 bridgehead atoms. The summed E-state index contributed by atoms with van der Waals surface area (Å²) in [5.74, 6) is -11.6. The van der Waals surface area contributed by atoms with Crippen LogP contribution in [0.3, 0.4) is 0 Å². The fraction of sp³-hybridized carbons (Fsp3) is 0.462. The molecule has 0 unspecified atom stereocenters. The Bertz CT molecular complexity index is 2940. The van der Waals surface area contributed by atoms with E-state index in [2.05, 4.69) is 31.2 Å². The van der Waals surface area contributed by atoms with Crippen molar-refractivity contribution in [2.45, 2.75) is 87.9 Å². The van der Waals surface area contributed by atoms with Crippen molar-refractivity contribution in [2.75, 3.05) is 52.9 Å². The highest BCUT2D eigenvalue weighted by Gasteiger charge is 2.65. The van der Waals surface area contributed by atoms with Crippen molar-refractivity contribution in [3.05, 3.63) is 72.1 Å². The minimum absolute atomic E-state index is 0.0877. The number of nitrogens with one attached hydrogen (secondary N) is 4. The predicted octanol–water partition coefficient (Wildman–Crippen LogP) is 0.724. The van der Waals surface area contributed by atoms with E-state index in [4.69, 9.17) is 9.47 Å². The van der Waals surface area contributed by atoms with Gasteiger partial charge in [0, 0.05) is 50.5 Å². The number of aromatic nitrogens is 2. The summed E-state index contributed by atoms with van der Waals surface area (Å²) in [7, 11) is 7.47. The molecule has 2 aliphatic carbocycles. The van der Waals surface area contributed by atoms with Crippen LogP contribution in [0.5, 0.6) is 11.5 Å². The topological polar surface area (TPSA) is 316 Å². The number of nitrogens with zero attached hydrogens (tertiary/aromatic N) is 6. The number of esters is 2. The molecule has 2 spiro atoms. The van der Waals surface area contributed by atoms with Crippen LogP contribution < -0.4 is 21.3 Å². The van der Waals surface area contributed by atoms with E-state index in [1.807, 2.05) is 0 Å². The van der Waals surface area contributed by atoms with Crippen LogP contribution in [0.25, 0.3) is 21.8 Å². The number of aromatic hydroxyl groups is 2. The molecule has 24 nitrogen and oxygen atoms in total. The molecule has 2 saturated heterocycles. The molecule has 2 aromatic carbocycles. The molecule has 4 heterocycles. The molecule has 6 N–H and O–H groups in total. The number of hydrogen-bond donors (Lipinski definition) is 6. The van der Waals surface area contributed by atoms with Crippen LogP contribution in [-0.2, 0) is 47.8 Å². The largest absolute Gasteiger partial charge is 0.505 e. The minimum Gasteiger partial charge on any atom is -0.505 e. The molecule has 414 valence electrons. The molecular formula is C52H60N10O14S2. The number of ether oxygens (including phenoxy) is 2. The van der Waals surface area contributed by atoms with Gasteiger partial charge >= 0.3 is 11.9 Å². The molecule has 2 aromatic heterocycles. The van der Waals surface area contributed by atoms with Gasteiger partial charge in [0.1, 0.15) is 72.0 Å². The first-order chi connectivity index (χ1) is 36.9. The van der Waals surface area contributed by atoms with E-state index >= 15 is 0 Å². The van der Waals surface area contributed by atoms with Gasteiger partial charge in [-0.2, -0.15) is 0 Å². The summed E-state index contributed by atoms with van der Waals surface area (Å²) in [6, 6.07) is 6.85. The van der Waals surface area contributed by atoms with Gasteiger partial charge in [0.2, 0.25) is 35.4 Å². The number of pyridine rings is 2. The molecular weight excluding hydrogens is 1050 g/mol. The van der Waals surface area contributed by atoms with E-state index in [0.717, 1.165) is 41.2 Å². The fourth-order valence-electron chi connectivity index (χ4n) is 9.96. The van der Waals surface area contributed by atoms with Crippen molar-refractivity contribution < 1.29 is 67.6 Å². The zero-order valence-corrected chi connectivity index (χ0v) is 45.6. The summed E-state index contributed by atoms with van der Waals surface area (Å²) in [6.07, 6.45) is 0.175. The second kappa shape index (κ2) is 22.3. The third kappa shape index (κ3) is 10.8. The summed E-state index contributed by atoms with van der Waals surface area (Å²) in [4.78, 5) is 157. The van der Waals surface area contributed by atoms with E-state index in [1.165, 1.54) is 54.2 Å². The molecule has 0 radical (unpaired) electrons. The molecule has 8 rings (SSSR count). The van der Waals surface area contributed by atoms with Gasteiger partial charge in [-0.25, -0.2) is 19.6 Å². The molecule has 4 aliphatic rings. The number of likely N-dealkylation sites (N-methyl/N-ethyl adjacent to an activating group) is 4. The standard InChI is InChI=1S/C52H60N10O14S2/c1-25-19-51(25)49(73)75-21-33(57-43(67)39-37(63)17-29-13-9-11-15-31(29)55-39)41(65)53-28(4)46(70)60(6)36-24-78-77-23-35(47(71)61(51)7)59(5)45(69)27(3)54-42(66)34(22-76-50(74)52(20-26(52)2)62(8)48(36)72)58-44(68)40-38(64)18-30-14-10-12-16-32(30)56-40/h9-18,25-28,33-36,63-64H,19-24H2,1-8H3,(H,53,65)(H,54,66)(H,57,67)(H,58,68)/t25-,26-,27-,28-,33-,34+,35-,36-,51+,52+/m0/s1. The van der Waals surface area contributed by atoms with E-state index in [-0.39, 0.29) is 24.3 Å². The first kappa shape index (κ1) is 56.5. The number of benzene rings is 2. The summed E-state index contributed by atoms with van der Waals surface area (Å²) in [5.41, 5.74) is -3.53. The van der Waals surface area contributed by atoms with Crippen molar-refractivity contribution in [3.63, 3.8) is 0 Å². The summed E-state index contributed by atoms with van der Waals surface area (Å²) in [5, 5.41) is 32.7. The third-order valence-electron chi connectivity index (χ3n) is 15.1. The zero-order chi connectivity index (χ0) is 56.7. The quantitative estimate of drug-likeness (QED) is 0.121. The third-order valence-corrected chi connectivity index (χ3v) is 17.5. The Hall–Kier alpha value is -7.74. The van der Waals surface area contributed by atoms with Gasteiger partial charge in [-0.1, -0.05) is 71.8 Å². The Morgan fingerprint density at radius 2 is 0.936 bits per heavy atom. The molecule has 4 fully saturated rings. The number of cyclic esters (lactones) is 2. The number of fused-ring (bicyclic) bond motifs is 7. The van der Waals surface area contributed by atoms with Crippen LogP contribution in [0.15, 0.2) is 60.7 Å². The second-order valence-electron chi connectivity index (χ2n) is 20.2. The smallest absolute Gasteiger partial charge is 0.332 e. The molecule has 2 aliphatic heterocycles. The van der Waals surface area contributed by atoms with Crippen molar-refractivity contribution in [2.24, 2.45) is 11.8 Å². The maximum absolute atomic E-state index is 14.9. The van der Waals surface area contributed by atoms with Gasteiger partial charge in [0.05, 0.1) is 11.0 Å². The van der Waals surface area contributed by atoms with Gasteiger partial charge in [0.25, 0.3) is 11.8 Å². The zero-order valence-electron chi connectivity index (χ0n) is 43.9. The molecule has 26 heteroatoms. The number of amides is 8. The Labute approximate surface area is 455 Å². The number of carbonyl (C=O) groups excluding carboxylic acids is 10. The Kier molecular flexibility index (Phi) is 16.2. The van der Waals surface area contributed by atoms with Crippen molar-refractivity contribution in [1.29, 1.82) is 0 Å². The highest BCUT2D eigenvalue weighted by molar-refractivity contribution is 8.76. The maximum Gasteiger partial charge on any atom is 0.332 e. The number of carbonyl (C=O) groups is 10. The Morgan fingerprint density at radius 3 is 1.28 bits per heavy atom. The highest BCUT2D eigenvalue weighted by Crippen LogP contribution is 2.50. The minimum atomic E-state index is -1.74.